The number of allylic oxidation sites excluding steroid dienone is 1. The molecule has 2 rings (SSSR count). The molecule has 0 saturated carbocycles. The maximum absolute atomic E-state index is 4.26. The number of hydrogen-bond acceptors (Lipinski definition) is 0. The molecule has 0 heteroatoms. The zero-order chi connectivity index (χ0) is 15.8. The van der Waals surface area contributed by atoms with E-state index in [0.717, 1.165) is 6.42 Å². The first-order valence-electron chi connectivity index (χ1n) is 8.56. The Balaban J connectivity index is 1.91. The van der Waals surface area contributed by atoms with E-state index in [0.29, 0.717) is 0 Å². The summed E-state index contributed by atoms with van der Waals surface area (Å²) in [6.45, 7) is 8.64. The summed E-state index contributed by atoms with van der Waals surface area (Å²) in [7, 11) is 0. The van der Waals surface area contributed by atoms with Crippen LogP contribution in [0.3, 0.4) is 0 Å². The van der Waals surface area contributed by atoms with E-state index in [9.17, 15) is 0 Å². The van der Waals surface area contributed by atoms with E-state index in [4.69, 9.17) is 0 Å². The van der Waals surface area contributed by atoms with Gasteiger partial charge in [0.2, 0.25) is 0 Å². The molecule has 0 atom stereocenters. The molecule has 0 spiro atoms. The Bertz CT molecular complexity index is 572. The molecule has 116 valence electrons. The molecular weight excluding hydrogens is 264 g/mol. The van der Waals surface area contributed by atoms with Gasteiger partial charge in [-0.2, -0.15) is 0 Å². The predicted octanol–water partition coefficient (Wildman–Crippen LogP) is 7.04. The van der Waals surface area contributed by atoms with Gasteiger partial charge in [-0.15, -0.1) is 0 Å². The van der Waals surface area contributed by atoms with Gasteiger partial charge in [0.15, 0.2) is 0 Å². The third-order valence-electron chi connectivity index (χ3n) is 4.26. The summed E-state index contributed by atoms with van der Waals surface area (Å²) in [5.41, 5.74) is 6.41. The highest BCUT2D eigenvalue weighted by atomic mass is 14.1. The Hall–Kier alpha value is -1.82. The molecule has 0 aliphatic carbocycles. The molecule has 0 saturated heterocycles. The molecule has 0 fully saturated rings. The lowest BCUT2D eigenvalue weighted by atomic mass is 9.97. The second kappa shape index (κ2) is 8.58. The first-order chi connectivity index (χ1) is 10.7. The minimum absolute atomic E-state index is 1.12. The van der Waals surface area contributed by atoms with Gasteiger partial charge in [0.05, 0.1) is 0 Å². The van der Waals surface area contributed by atoms with E-state index in [1.807, 2.05) is 0 Å². The molecule has 0 aliphatic rings. The maximum atomic E-state index is 4.26. The first kappa shape index (κ1) is 16.5. The minimum Gasteiger partial charge on any atom is -0.0952 e. The summed E-state index contributed by atoms with van der Waals surface area (Å²) in [5.74, 6) is 0. The molecule has 0 aromatic heterocycles. The van der Waals surface area contributed by atoms with Gasteiger partial charge in [0.25, 0.3) is 0 Å². The lowest BCUT2D eigenvalue weighted by molar-refractivity contribution is 0.640. The summed E-state index contributed by atoms with van der Waals surface area (Å²) < 4.78 is 0. The summed E-state index contributed by atoms with van der Waals surface area (Å²) in [4.78, 5) is 0. The van der Waals surface area contributed by atoms with Crippen molar-refractivity contribution in [2.75, 3.05) is 0 Å². The average Bonchev–Trinajstić information content (AvgIpc) is 2.55. The van der Waals surface area contributed by atoms with Crippen LogP contribution in [0.5, 0.6) is 0 Å². The Morgan fingerprint density at radius 3 is 1.91 bits per heavy atom. The first-order valence-corrected chi connectivity index (χ1v) is 8.56. The van der Waals surface area contributed by atoms with Gasteiger partial charge >= 0.3 is 0 Å². The van der Waals surface area contributed by atoms with E-state index < -0.39 is 0 Å². The normalized spacial score (nSPS) is 10.6. The average molecular weight is 292 g/mol. The highest BCUT2D eigenvalue weighted by molar-refractivity contribution is 5.69. The van der Waals surface area contributed by atoms with Gasteiger partial charge in [-0.05, 0) is 42.0 Å². The zero-order valence-corrected chi connectivity index (χ0v) is 14.1. The van der Waals surface area contributed by atoms with Crippen LogP contribution in [0.15, 0.2) is 55.1 Å². The van der Waals surface area contributed by atoms with E-state index in [-0.39, 0.29) is 0 Å². The molecule has 0 amide bonds. The molecule has 0 aliphatic heterocycles. The molecule has 0 nitrogen and oxygen atoms in total. The van der Waals surface area contributed by atoms with Gasteiger partial charge < -0.3 is 0 Å². The molecule has 0 N–H and O–H groups in total. The van der Waals surface area contributed by atoms with Gasteiger partial charge in [-0.3, -0.25) is 0 Å². The molecule has 22 heavy (non-hydrogen) atoms. The summed E-state index contributed by atoms with van der Waals surface area (Å²) in [6.07, 6.45) is 7.73. The molecule has 2 aromatic rings. The monoisotopic (exact) mass is 292 g/mol. The Morgan fingerprint density at radius 2 is 1.32 bits per heavy atom. The highest BCUT2D eigenvalue weighted by Crippen LogP contribution is 2.24. The number of benzene rings is 2. The molecule has 2 aromatic carbocycles. The Labute approximate surface area is 135 Å². The maximum Gasteiger partial charge on any atom is -0.0184 e. The van der Waals surface area contributed by atoms with Crippen molar-refractivity contribution in [3.05, 3.63) is 66.2 Å². The number of rotatable bonds is 8. The van der Waals surface area contributed by atoms with Crippen molar-refractivity contribution in [2.24, 2.45) is 0 Å². The standard InChI is InChI=1S/C22H28/c1-4-5-6-7-8-9-19(3)20-14-16-22(17-15-20)21-12-10-18(2)11-13-21/h10-17H,3-9H2,1-2H3. The van der Waals surface area contributed by atoms with Crippen molar-refractivity contribution >= 4 is 5.57 Å². The van der Waals surface area contributed by atoms with Crippen molar-refractivity contribution < 1.29 is 0 Å². The zero-order valence-electron chi connectivity index (χ0n) is 14.1. The Kier molecular flexibility index (Phi) is 6.45. The van der Waals surface area contributed by atoms with Crippen molar-refractivity contribution in [3.63, 3.8) is 0 Å². The largest absolute Gasteiger partial charge is 0.0952 e. The van der Waals surface area contributed by atoms with Crippen molar-refractivity contribution in [1.82, 2.24) is 0 Å². The Morgan fingerprint density at radius 1 is 0.773 bits per heavy atom. The van der Waals surface area contributed by atoms with Crippen molar-refractivity contribution in [1.29, 1.82) is 0 Å². The third kappa shape index (κ3) is 4.87. The fraction of sp³-hybridized carbons (Fsp3) is 0.364. The summed E-state index contributed by atoms with van der Waals surface area (Å²) in [5, 5.41) is 0. The number of unbranched alkanes of at least 4 members (excludes halogenated alkanes) is 4. The molecule has 0 radical (unpaired) electrons. The van der Waals surface area contributed by atoms with Crippen molar-refractivity contribution in [2.45, 2.75) is 52.4 Å². The van der Waals surface area contributed by atoms with Crippen LogP contribution in [0.25, 0.3) is 16.7 Å². The third-order valence-corrected chi connectivity index (χ3v) is 4.26. The number of hydrogen-bond donors (Lipinski definition) is 0. The second-order valence-electron chi connectivity index (χ2n) is 6.21. The van der Waals surface area contributed by atoms with Crippen LogP contribution in [0.1, 0.15) is 56.6 Å². The molecular formula is C22H28. The van der Waals surface area contributed by atoms with E-state index >= 15 is 0 Å². The van der Waals surface area contributed by atoms with Crippen LogP contribution >= 0.6 is 0 Å². The summed E-state index contributed by atoms with van der Waals surface area (Å²) >= 11 is 0. The van der Waals surface area contributed by atoms with Crippen LogP contribution in [0, 0.1) is 6.92 Å². The van der Waals surface area contributed by atoms with Crippen LogP contribution in [0.4, 0.5) is 0 Å². The minimum atomic E-state index is 1.12. The molecule has 0 unspecified atom stereocenters. The lowest BCUT2D eigenvalue weighted by Crippen LogP contribution is -1.86. The van der Waals surface area contributed by atoms with Gasteiger partial charge in [-0.1, -0.05) is 93.3 Å². The van der Waals surface area contributed by atoms with Crippen LogP contribution in [-0.2, 0) is 0 Å². The fourth-order valence-corrected chi connectivity index (χ4v) is 2.73. The van der Waals surface area contributed by atoms with Crippen LogP contribution in [0.2, 0.25) is 0 Å². The number of aryl methyl sites for hydroxylation is 1. The molecule has 0 bridgehead atoms. The van der Waals surface area contributed by atoms with Gasteiger partial charge in [0.1, 0.15) is 0 Å². The van der Waals surface area contributed by atoms with E-state index in [1.165, 1.54) is 59.9 Å². The summed E-state index contributed by atoms with van der Waals surface area (Å²) in [6, 6.07) is 17.5. The topological polar surface area (TPSA) is 0 Å². The van der Waals surface area contributed by atoms with E-state index in [2.05, 4.69) is 69.0 Å². The van der Waals surface area contributed by atoms with E-state index in [1.54, 1.807) is 0 Å². The van der Waals surface area contributed by atoms with Gasteiger partial charge in [-0.25, -0.2) is 0 Å². The van der Waals surface area contributed by atoms with Crippen molar-refractivity contribution in [3.8, 4) is 11.1 Å². The SMILES string of the molecule is C=C(CCCCCCC)c1ccc(-c2ccc(C)cc2)cc1. The van der Waals surface area contributed by atoms with Crippen LogP contribution in [-0.4, -0.2) is 0 Å². The second-order valence-corrected chi connectivity index (χ2v) is 6.21. The smallest absolute Gasteiger partial charge is 0.0184 e. The highest BCUT2D eigenvalue weighted by Gasteiger charge is 2.01. The quantitative estimate of drug-likeness (QED) is 0.458. The fourth-order valence-electron chi connectivity index (χ4n) is 2.73. The molecule has 0 heterocycles. The van der Waals surface area contributed by atoms with Gasteiger partial charge in [0, 0.05) is 0 Å². The van der Waals surface area contributed by atoms with Crippen LogP contribution < -0.4 is 0 Å². The lowest BCUT2D eigenvalue weighted by Gasteiger charge is -2.08. The predicted molar refractivity (Wildman–Crippen MR) is 99.0 cm³/mol.